The van der Waals surface area contributed by atoms with Crippen molar-refractivity contribution in [3.05, 3.63) is 41.6 Å². The summed E-state index contributed by atoms with van der Waals surface area (Å²) < 4.78 is 10.6. The van der Waals surface area contributed by atoms with Crippen molar-refractivity contribution in [2.75, 3.05) is 63.3 Å². The number of aryl methyl sites for hydroxylation is 1. The predicted molar refractivity (Wildman–Crippen MR) is 126 cm³/mol. The lowest BCUT2D eigenvalue weighted by Crippen LogP contribution is -2.48. The van der Waals surface area contributed by atoms with Crippen LogP contribution in [0.4, 0.5) is 11.8 Å². The molecule has 0 atom stereocenters. The minimum atomic E-state index is 0.0102. The van der Waals surface area contributed by atoms with Gasteiger partial charge in [0.25, 0.3) is 0 Å². The van der Waals surface area contributed by atoms with Gasteiger partial charge >= 0.3 is 0 Å². The highest BCUT2D eigenvalue weighted by Gasteiger charge is 2.23. The zero-order chi connectivity index (χ0) is 22.5. The zero-order valence-corrected chi connectivity index (χ0v) is 19.1. The van der Waals surface area contributed by atoms with E-state index in [4.69, 9.17) is 14.5 Å². The van der Waals surface area contributed by atoms with Gasteiger partial charge in [0.1, 0.15) is 5.82 Å². The van der Waals surface area contributed by atoms with Gasteiger partial charge in [0.15, 0.2) is 11.5 Å². The van der Waals surface area contributed by atoms with Crippen molar-refractivity contribution in [1.29, 1.82) is 0 Å². The van der Waals surface area contributed by atoms with Crippen LogP contribution in [0.25, 0.3) is 6.08 Å². The molecule has 2 saturated heterocycles. The van der Waals surface area contributed by atoms with Crippen LogP contribution >= 0.6 is 0 Å². The molecule has 2 fully saturated rings. The number of aromatic nitrogens is 2. The Morgan fingerprint density at radius 2 is 1.62 bits per heavy atom. The van der Waals surface area contributed by atoms with E-state index in [-0.39, 0.29) is 5.91 Å². The molecule has 0 unspecified atom stereocenters. The first-order valence-electron chi connectivity index (χ1n) is 11.1. The number of hydrogen-bond donors (Lipinski definition) is 0. The summed E-state index contributed by atoms with van der Waals surface area (Å²) in [6.07, 6.45) is 5.83. The summed E-state index contributed by atoms with van der Waals surface area (Å²) in [5.74, 6) is 3.10. The quantitative estimate of drug-likeness (QED) is 0.644. The van der Waals surface area contributed by atoms with Crippen LogP contribution in [0.5, 0.6) is 11.5 Å². The van der Waals surface area contributed by atoms with Crippen LogP contribution in [0.2, 0.25) is 0 Å². The number of benzene rings is 1. The van der Waals surface area contributed by atoms with Gasteiger partial charge in [0.05, 0.1) is 14.2 Å². The van der Waals surface area contributed by atoms with Crippen LogP contribution in [0.3, 0.4) is 0 Å². The molecule has 0 bridgehead atoms. The molecular weight excluding hydrogens is 406 g/mol. The Labute approximate surface area is 189 Å². The van der Waals surface area contributed by atoms with Gasteiger partial charge in [-0.15, -0.1) is 0 Å². The molecule has 2 aromatic rings. The third-order valence-electron chi connectivity index (χ3n) is 5.96. The number of rotatable bonds is 6. The van der Waals surface area contributed by atoms with Gasteiger partial charge in [-0.25, -0.2) is 4.98 Å². The number of piperazine rings is 1. The van der Waals surface area contributed by atoms with E-state index < -0.39 is 0 Å². The Hall–Kier alpha value is -3.29. The van der Waals surface area contributed by atoms with Crippen LogP contribution < -0.4 is 19.3 Å². The molecule has 0 spiro atoms. The number of carbonyl (C=O) groups is 1. The third-order valence-corrected chi connectivity index (χ3v) is 5.96. The van der Waals surface area contributed by atoms with Crippen molar-refractivity contribution in [2.45, 2.75) is 19.8 Å². The summed E-state index contributed by atoms with van der Waals surface area (Å²) in [5.41, 5.74) is 1.87. The van der Waals surface area contributed by atoms with Gasteiger partial charge in [0.2, 0.25) is 11.9 Å². The average molecular weight is 438 g/mol. The lowest BCUT2D eigenvalue weighted by molar-refractivity contribution is -0.126. The number of hydrogen-bond acceptors (Lipinski definition) is 7. The molecule has 2 aliphatic heterocycles. The van der Waals surface area contributed by atoms with Crippen molar-refractivity contribution in [1.82, 2.24) is 14.9 Å². The zero-order valence-electron chi connectivity index (χ0n) is 19.1. The number of amides is 1. The average Bonchev–Trinajstić information content (AvgIpc) is 3.37. The number of ether oxygens (including phenoxy) is 2. The second-order valence-corrected chi connectivity index (χ2v) is 8.12. The molecule has 1 aromatic heterocycles. The lowest BCUT2D eigenvalue weighted by Gasteiger charge is -2.35. The lowest BCUT2D eigenvalue weighted by atomic mass is 10.2. The normalized spacial score (nSPS) is 16.7. The number of anilines is 2. The molecule has 8 heteroatoms. The molecule has 4 rings (SSSR count). The molecule has 1 amide bonds. The number of methoxy groups -OCH3 is 2. The fourth-order valence-corrected chi connectivity index (χ4v) is 4.14. The van der Waals surface area contributed by atoms with E-state index in [0.29, 0.717) is 24.6 Å². The summed E-state index contributed by atoms with van der Waals surface area (Å²) in [4.78, 5) is 28.5. The summed E-state index contributed by atoms with van der Waals surface area (Å²) in [6, 6.07) is 7.63. The summed E-state index contributed by atoms with van der Waals surface area (Å²) in [6.45, 7) is 6.91. The topological polar surface area (TPSA) is 71.0 Å². The van der Waals surface area contributed by atoms with Gasteiger partial charge < -0.3 is 24.2 Å². The maximum atomic E-state index is 12.7. The first-order chi connectivity index (χ1) is 15.6. The third kappa shape index (κ3) is 4.95. The molecule has 0 saturated carbocycles. The van der Waals surface area contributed by atoms with Crippen molar-refractivity contribution >= 4 is 23.7 Å². The van der Waals surface area contributed by atoms with Gasteiger partial charge in [0, 0.05) is 57.1 Å². The molecule has 170 valence electrons. The van der Waals surface area contributed by atoms with Crippen LogP contribution in [0, 0.1) is 6.92 Å². The van der Waals surface area contributed by atoms with E-state index in [2.05, 4.69) is 14.8 Å². The highest BCUT2D eigenvalue weighted by atomic mass is 16.5. The van der Waals surface area contributed by atoms with E-state index >= 15 is 0 Å². The molecule has 0 radical (unpaired) electrons. The van der Waals surface area contributed by atoms with Gasteiger partial charge in [-0.1, -0.05) is 6.07 Å². The van der Waals surface area contributed by atoms with E-state index in [1.165, 1.54) is 12.8 Å². The van der Waals surface area contributed by atoms with Gasteiger partial charge in [-0.3, -0.25) is 4.79 Å². The molecule has 3 heterocycles. The standard InChI is InChI=1S/C24H31N5O3/c1-18-16-22(26-24(25-18)29-10-4-5-11-29)27-12-14-28(15-13-27)23(30)9-7-19-6-8-20(31-2)21(17-19)32-3/h6-9,16-17H,4-5,10-15H2,1-3H3/b9-7+. The van der Waals surface area contributed by atoms with Crippen LogP contribution in [0.15, 0.2) is 30.3 Å². The van der Waals surface area contributed by atoms with Gasteiger partial charge in [-0.2, -0.15) is 4.98 Å². The Morgan fingerprint density at radius 1 is 0.906 bits per heavy atom. The first kappa shape index (κ1) is 21.9. The Bertz CT molecular complexity index is 980. The second kappa shape index (κ2) is 9.89. The van der Waals surface area contributed by atoms with Crippen LogP contribution in [-0.2, 0) is 4.79 Å². The van der Waals surface area contributed by atoms with Crippen molar-refractivity contribution < 1.29 is 14.3 Å². The SMILES string of the molecule is COc1ccc(/C=C/C(=O)N2CCN(c3cc(C)nc(N4CCCC4)n3)CC2)cc1OC. The Kier molecular flexibility index (Phi) is 6.78. The Balaban J connectivity index is 1.36. The maximum Gasteiger partial charge on any atom is 0.246 e. The fourth-order valence-electron chi connectivity index (χ4n) is 4.14. The predicted octanol–water partition coefficient (Wildman–Crippen LogP) is 2.76. The summed E-state index contributed by atoms with van der Waals surface area (Å²) >= 11 is 0. The van der Waals surface area contributed by atoms with Gasteiger partial charge in [-0.05, 0) is 43.5 Å². The number of carbonyl (C=O) groups excluding carboxylic acids is 1. The fraction of sp³-hybridized carbons (Fsp3) is 0.458. The summed E-state index contributed by atoms with van der Waals surface area (Å²) in [5, 5.41) is 0. The second-order valence-electron chi connectivity index (χ2n) is 8.12. The Morgan fingerprint density at radius 3 is 2.31 bits per heavy atom. The smallest absolute Gasteiger partial charge is 0.246 e. The minimum Gasteiger partial charge on any atom is -0.493 e. The number of nitrogens with zero attached hydrogens (tertiary/aromatic N) is 5. The monoisotopic (exact) mass is 437 g/mol. The van der Waals surface area contributed by atoms with E-state index in [9.17, 15) is 4.79 Å². The molecule has 8 nitrogen and oxygen atoms in total. The minimum absolute atomic E-state index is 0.0102. The maximum absolute atomic E-state index is 12.7. The van der Waals surface area contributed by atoms with E-state index in [0.717, 1.165) is 49.2 Å². The van der Waals surface area contributed by atoms with Crippen molar-refractivity contribution in [2.24, 2.45) is 0 Å². The highest BCUT2D eigenvalue weighted by molar-refractivity contribution is 5.92. The van der Waals surface area contributed by atoms with Crippen LogP contribution in [-0.4, -0.2) is 74.3 Å². The van der Waals surface area contributed by atoms with E-state index in [1.807, 2.05) is 42.2 Å². The first-order valence-corrected chi connectivity index (χ1v) is 11.1. The van der Waals surface area contributed by atoms with Crippen molar-refractivity contribution in [3.8, 4) is 11.5 Å². The molecule has 1 aromatic carbocycles. The van der Waals surface area contributed by atoms with Crippen LogP contribution in [0.1, 0.15) is 24.1 Å². The molecule has 0 aliphatic carbocycles. The molecule has 2 aliphatic rings. The molecule has 32 heavy (non-hydrogen) atoms. The summed E-state index contributed by atoms with van der Waals surface area (Å²) in [7, 11) is 3.20. The molecule has 0 N–H and O–H groups in total. The molecular formula is C24H31N5O3. The largest absolute Gasteiger partial charge is 0.493 e. The highest BCUT2D eigenvalue weighted by Crippen LogP contribution is 2.28. The van der Waals surface area contributed by atoms with Crippen molar-refractivity contribution in [3.63, 3.8) is 0 Å². The van der Waals surface area contributed by atoms with E-state index in [1.54, 1.807) is 20.3 Å².